The Morgan fingerprint density at radius 2 is 2.10 bits per heavy atom. The number of hydrogen-bond donors (Lipinski definition) is 0. The number of halogens is 3. The summed E-state index contributed by atoms with van der Waals surface area (Å²) < 4.78 is 22.4. The van der Waals surface area contributed by atoms with Crippen LogP contribution in [0.15, 0.2) is 0 Å². The molecule has 0 atom stereocenters. The molecule has 1 aliphatic rings. The predicted octanol–water partition coefficient (Wildman–Crippen LogP) is 1.97. The van der Waals surface area contributed by atoms with Crippen molar-refractivity contribution in [2.75, 3.05) is 19.6 Å². The molecule has 0 spiro atoms. The van der Waals surface area contributed by atoms with Crippen molar-refractivity contribution >= 4 is 22.6 Å². The number of rotatable bonds is 2. The number of nitrogens with zero attached hydrogens (tertiary/aromatic N) is 1. The van der Waals surface area contributed by atoms with Gasteiger partial charge in [0.2, 0.25) is 0 Å². The van der Waals surface area contributed by atoms with Gasteiger partial charge in [-0.1, -0.05) is 6.92 Å². The molecule has 0 saturated carbocycles. The highest BCUT2D eigenvalue weighted by molar-refractivity contribution is 14.1. The highest BCUT2D eigenvalue weighted by Crippen LogP contribution is 2.37. The Kier molecular flexibility index (Phi) is 2.50. The van der Waals surface area contributed by atoms with Crippen LogP contribution in [0.4, 0.5) is 8.78 Å². The van der Waals surface area contributed by atoms with E-state index in [2.05, 4.69) is 0 Å². The Morgan fingerprint density at radius 1 is 1.60 bits per heavy atom. The molecule has 0 bridgehead atoms. The second-order valence-corrected chi connectivity index (χ2v) is 4.03. The third-order valence-corrected chi connectivity index (χ3v) is 2.75. The van der Waals surface area contributed by atoms with Gasteiger partial charge in [0.05, 0.1) is 5.92 Å². The lowest BCUT2D eigenvalue weighted by atomic mass is 10.0. The van der Waals surface area contributed by atoms with Crippen LogP contribution in [0.3, 0.4) is 0 Å². The largest absolute Gasteiger partial charge is 0.302 e. The first-order chi connectivity index (χ1) is 4.54. The van der Waals surface area contributed by atoms with Crippen LogP contribution in [0.25, 0.3) is 0 Å². The summed E-state index contributed by atoms with van der Waals surface area (Å²) >= 11 is 1.22. The molecule has 0 aromatic carbocycles. The van der Waals surface area contributed by atoms with Gasteiger partial charge >= 0.3 is 3.93 Å². The Bertz CT molecular complexity index is 117. The Hall–Kier alpha value is 0.550. The summed E-state index contributed by atoms with van der Waals surface area (Å²) in [6.07, 6.45) is 0. The maximum absolute atomic E-state index is 12.4. The van der Waals surface area contributed by atoms with E-state index in [1.54, 1.807) is 0 Å². The molecule has 4 heteroatoms. The SMILES string of the molecule is CCN1CC(C(F)(F)I)C1. The third-order valence-electron chi connectivity index (χ3n) is 1.87. The fourth-order valence-electron chi connectivity index (χ4n) is 1.04. The van der Waals surface area contributed by atoms with E-state index < -0.39 is 9.85 Å². The average molecular weight is 261 g/mol. The van der Waals surface area contributed by atoms with Gasteiger partial charge in [-0.25, -0.2) is 0 Å². The first kappa shape index (κ1) is 8.64. The van der Waals surface area contributed by atoms with Gasteiger partial charge in [0.15, 0.2) is 0 Å². The zero-order valence-corrected chi connectivity index (χ0v) is 7.94. The second-order valence-electron chi connectivity index (χ2n) is 2.59. The molecule has 0 aliphatic carbocycles. The van der Waals surface area contributed by atoms with Gasteiger partial charge in [-0.05, 0) is 29.1 Å². The first-order valence-corrected chi connectivity index (χ1v) is 4.41. The molecular weight excluding hydrogens is 251 g/mol. The summed E-state index contributed by atoms with van der Waals surface area (Å²) in [5.74, 6) is -0.409. The second kappa shape index (κ2) is 2.89. The lowest BCUT2D eigenvalue weighted by molar-refractivity contribution is -0.0343. The molecule has 0 aromatic rings. The van der Waals surface area contributed by atoms with Crippen LogP contribution in [0, 0.1) is 5.92 Å². The minimum absolute atomic E-state index is 0.409. The summed E-state index contributed by atoms with van der Waals surface area (Å²) in [5, 5.41) is 0. The van der Waals surface area contributed by atoms with Gasteiger partial charge in [0, 0.05) is 13.1 Å². The van der Waals surface area contributed by atoms with E-state index >= 15 is 0 Å². The molecule has 60 valence electrons. The zero-order chi connectivity index (χ0) is 7.78. The van der Waals surface area contributed by atoms with Crippen LogP contribution in [0.1, 0.15) is 6.92 Å². The van der Waals surface area contributed by atoms with Crippen LogP contribution < -0.4 is 0 Å². The number of alkyl halides is 3. The highest BCUT2D eigenvalue weighted by Gasteiger charge is 2.43. The van der Waals surface area contributed by atoms with Crippen LogP contribution in [-0.4, -0.2) is 28.5 Å². The van der Waals surface area contributed by atoms with Crippen molar-refractivity contribution < 1.29 is 8.78 Å². The fourth-order valence-corrected chi connectivity index (χ4v) is 1.43. The molecule has 1 rings (SSSR count). The summed E-state index contributed by atoms with van der Waals surface area (Å²) in [4.78, 5) is 2.01. The van der Waals surface area contributed by atoms with Gasteiger partial charge in [0.1, 0.15) is 0 Å². The van der Waals surface area contributed by atoms with E-state index in [0.29, 0.717) is 13.1 Å². The molecule has 1 nitrogen and oxygen atoms in total. The van der Waals surface area contributed by atoms with E-state index in [4.69, 9.17) is 0 Å². The van der Waals surface area contributed by atoms with Crippen molar-refractivity contribution in [3.05, 3.63) is 0 Å². The first-order valence-electron chi connectivity index (χ1n) is 3.33. The predicted molar refractivity (Wildman–Crippen MR) is 44.6 cm³/mol. The summed E-state index contributed by atoms with van der Waals surface area (Å²) in [6, 6.07) is 0. The van der Waals surface area contributed by atoms with Crippen molar-refractivity contribution in [2.45, 2.75) is 10.9 Å². The Labute approximate surface area is 72.9 Å². The lowest BCUT2D eigenvalue weighted by Gasteiger charge is -2.40. The normalized spacial score (nSPS) is 22.8. The van der Waals surface area contributed by atoms with E-state index in [9.17, 15) is 8.78 Å². The molecule has 1 fully saturated rings. The summed E-state index contributed by atoms with van der Waals surface area (Å²) in [7, 11) is 0. The number of hydrogen-bond acceptors (Lipinski definition) is 1. The zero-order valence-electron chi connectivity index (χ0n) is 5.78. The van der Waals surface area contributed by atoms with Crippen molar-refractivity contribution in [1.29, 1.82) is 0 Å². The quantitative estimate of drug-likeness (QED) is 0.542. The van der Waals surface area contributed by atoms with E-state index in [1.807, 2.05) is 11.8 Å². The van der Waals surface area contributed by atoms with Crippen molar-refractivity contribution in [1.82, 2.24) is 4.90 Å². The molecule has 0 amide bonds. The van der Waals surface area contributed by atoms with Crippen molar-refractivity contribution in [2.24, 2.45) is 5.92 Å². The van der Waals surface area contributed by atoms with Gasteiger partial charge in [-0.3, -0.25) is 0 Å². The molecule has 1 aliphatic heterocycles. The minimum atomic E-state index is -2.50. The maximum atomic E-state index is 12.4. The molecule has 0 unspecified atom stereocenters. The Morgan fingerprint density at radius 3 is 2.40 bits per heavy atom. The van der Waals surface area contributed by atoms with E-state index in [0.717, 1.165) is 6.54 Å². The van der Waals surface area contributed by atoms with Gasteiger partial charge < -0.3 is 4.90 Å². The van der Waals surface area contributed by atoms with Gasteiger partial charge in [-0.15, -0.1) is 0 Å². The van der Waals surface area contributed by atoms with Crippen LogP contribution >= 0.6 is 22.6 Å². The molecule has 1 heterocycles. The monoisotopic (exact) mass is 261 g/mol. The molecule has 0 N–H and O–H groups in total. The summed E-state index contributed by atoms with van der Waals surface area (Å²) in [6.45, 7) is 4.00. The molecule has 1 saturated heterocycles. The minimum Gasteiger partial charge on any atom is -0.302 e. The van der Waals surface area contributed by atoms with E-state index in [1.165, 1.54) is 22.6 Å². The summed E-state index contributed by atoms with van der Waals surface area (Å²) in [5.41, 5.74) is 0. The van der Waals surface area contributed by atoms with Crippen LogP contribution in [0.2, 0.25) is 0 Å². The fraction of sp³-hybridized carbons (Fsp3) is 1.00. The van der Waals surface area contributed by atoms with Gasteiger partial charge in [0.25, 0.3) is 0 Å². The molecule has 0 radical (unpaired) electrons. The average Bonchev–Trinajstić information content (AvgIpc) is 1.57. The standard InChI is InChI=1S/C6H10F2IN/c1-2-10-3-5(4-10)6(7,8)9/h5H,2-4H2,1H3. The third kappa shape index (κ3) is 1.78. The lowest BCUT2D eigenvalue weighted by Crippen LogP contribution is -2.52. The molecule has 10 heavy (non-hydrogen) atoms. The highest BCUT2D eigenvalue weighted by atomic mass is 127. The van der Waals surface area contributed by atoms with E-state index in [-0.39, 0.29) is 0 Å². The smallest absolute Gasteiger partial charge is 0.301 e. The van der Waals surface area contributed by atoms with Crippen LogP contribution in [-0.2, 0) is 0 Å². The maximum Gasteiger partial charge on any atom is 0.301 e. The molecule has 0 aromatic heterocycles. The van der Waals surface area contributed by atoms with Crippen molar-refractivity contribution in [3.8, 4) is 0 Å². The molecular formula is C6H10F2IN. The van der Waals surface area contributed by atoms with Crippen LogP contribution in [0.5, 0.6) is 0 Å². The van der Waals surface area contributed by atoms with Crippen molar-refractivity contribution in [3.63, 3.8) is 0 Å². The van der Waals surface area contributed by atoms with Gasteiger partial charge in [-0.2, -0.15) is 8.78 Å². The number of likely N-dealkylation sites (tertiary alicyclic amines) is 1. The Balaban J connectivity index is 2.26. The topological polar surface area (TPSA) is 3.24 Å².